The largest absolute Gasteiger partial charge is 0.439 e. The highest BCUT2D eigenvalue weighted by molar-refractivity contribution is 6.30. The van der Waals surface area contributed by atoms with Gasteiger partial charge in [0.2, 0.25) is 11.8 Å². The Kier molecular flexibility index (Phi) is 6.49. The molecule has 2 aromatic rings. The molecule has 0 atom stereocenters. The van der Waals surface area contributed by atoms with Crippen LogP contribution in [0.25, 0.3) is 0 Å². The van der Waals surface area contributed by atoms with Crippen LogP contribution < -0.4 is 9.64 Å². The smallest absolute Gasteiger partial charge is 0.224 e. The van der Waals surface area contributed by atoms with E-state index < -0.39 is 0 Å². The molecule has 0 radical (unpaired) electrons. The first kappa shape index (κ1) is 20.0. The highest BCUT2D eigenvalue weighted by Crippen LogP contribution is 2.29. The second kappa shape index (κ2) is 9.44. The monoisotopic (exact) mass is 414 g/mol. The highest BCUT2D eigenvalue weighted by Gasteiger charge is 2.23. The van der Waals surface area contributed by atoms with Crippen LogP contribution in [0.5, 0.6) is 11.6 Å². The molecule has 154 valence electrons. The molecule has 7 heteroatoms. The number of hydrogen-bond donors (Lipinski definition) is 0. The molecule has 0 bridgehead atoms. The summed E-state index contributed by atoms with van der Waals surface area (Å²) in [6, 6.07) is 9.01. The van der Waals surface area contributed by atoms with Crippen molar-refractivity contribution in [1.29, 1.82) is 0 Å². The van der Waals surface area contributed by atoms with Crippen LogP contribution in [-0.4, -0.2) is 47.0 Å². The van der Waals surface area contributed by atoms with Crippen LogP contribution in [0.1, 0.15) is 38.5 Å². The highest BCUT2D eigenvalue weighted by atomic mass is 35.5. The van der Waals surface area contributed by atoms with Crippen molar-refractivity contribution >= 4 is 23.3 Å². The predicted octanol–water partition coefficient (Wildman–Crippen LogP) is 4.54. The third kappa shape index (κ3) is 5.38. The van der Waals surface area contributed by atoms with E-state index in [9.17, 15) is 4.79 Å². The first-order valence-electron chi connectivity index (χ1n) is 10.5. The van der Waals surface area contributed by atoms with E-state index in [2.05, 4.69) is 14.9 Å². The zero-order chi connectivity index (χ0) is 20.1. The summed E-state index contributed by atoms with van der Waals surface area (Å²) in [5, 5.41) is 0.663. The molecule has 1 amide bonds. The fourth-order valence-electron chi connectivity index (χ4n) is 4.15. The normalized spacial score (nSPS) is 17.6. The van der Waals surface area contributed by atoms with Crippen molar-refractivity contribution in [3.63, 3.8) is 0 Å². The van der Waals surface area contributed by atoms with Gasteiger partial charge in [-0.2, -0.15) is 0 Å². The zero-order valence-corrected chi connectivity index (χ0v) is 17.4. The molecule has 1 saturated heterocycles. The quantitative estimate of drug-likeness (QED) is 0.694. The molecule has 2 aliphatic rings. The number of aromatic nitrogens is 2. The predicted molar refractivity (Wildman–Crippen MR) is 114 cm³/mol. The van der Waals surface area contributed by atoms with E-state index >= 15 is 0 Å². The summed E-state index contributed by atoms with van der Waals surface area (Å²) in [6.07, 6.45) is 8.53. The van der Waals surface area contributed by atoms with Crippen molar-refractivity contribution in [2.45, 2.75) is 38.5 Å². The van der Waals surface area contributed by atoms with E-state index in [1.54, 1.807) is 24.3 Å². The lowest BCUT2D eigenvalue weighted by Crippen LogP contribution is -2.49. The van der Waals surface area contributed by atoms with Crippen molar-refractivity contribution in [2.75, 3.05) is 31.1 Å². The molecule has 0 N–H and O–H groups in total. The molecular formula is C22H27ClN4O2. The summed E-state index contributed by atoms with van der Waals surface area (Å²) in [5.74, 6) is 3.05. The number of hydrogen-bond acceptors (Lipinski definition) is 5. The Balaban J connectivity index is 1.29. The molecule has 1 aliphatic carbocycles. The van der Waals surface area contributed by atoms with Crippen LogP contribution in [0.4, 0.5) is 5.82 Å². The standard InChI is InChI=1S/C22H27ClN4O2/c23-18-6-8-19(9-7-18)29-21-15-20(24-16-25-21)26-11-13-27(14-12-26)22(28)10-5-17-3-1-2-4-17/h6-9,15-17H,1-5,10-14H2. The summed E-state index contributed by atoms with van der Waals surface area (Å²) in [5.41, 5.74) is 0. The Morgan fingerprint density at radius 1 is 1.07 bits per heavy atom. The van der Waals surface area contributed by atoms with Gasteiger partial charge in [-0.25, -0.2) is 9.97 Å². The van der Waals surface area contributed by atoms with Gasteiger partial charge in [0.25, 0.3) is 0 Å². The van der Waals surface area contributed by atoms with Gasteiger partial charge in [-0.05, 0) is 36.6 Å². The molecule has 0 spiro atoms. The van der Waals surface area contributed by atoms with Crippen molar-refractivity contribution in [2.24, 2.45) is 5.92 Å². The van der Waals surface area contributed by atoms with Gasteiger partial charge in [-0.1, -0.05) is 37.3 Å². The van der Waals surface area contributed by atoms with Gasteiger partial charge in [0.05, 0.1) is 0 Å². The summed E-state index contributed by atoms with van der Waals surface area (Å²) < 4.78 is 5.80. The molecule has 6 nitrogen and oxygen atoms in total. The summed E-state index contributed by atoms with van der Waals surface area (Å²) in [6.45, 7) is 3.01. The molecular weight excluding hydrogens is 388 g/mol. The van der Waals surface area contributed by atoms with Crippen molar-refractivity contribution in [3.8, 4) is 11.6 Å². The Bertz CT molecular complexity index is 816. The maximum atomic E-state index is 12.5. The number of carbonyl (C=O) groups is 1. The number of piperazine rings is 1. The number of rotatable bonds is 6. The molecule has 4 rings (SSSR count). The zero-order valence-electron chi connectivity index (χ0n) is 16.6. The number of benzene rings is 1. The van der Waals surface area contributed by atoms with Crippen LogP contribution in [0.3, 0.4) is 0 Å². The Labute approximate surface area is 176 Å². The van der Waals surface area contributed by atoms with Gasteiger partial charge in [0.15, 0.2) is 0 Å². The lowest BCUT2D eigenvalue weighted by Gasteiger charge is -2.35. The van der Waals surface area contributed by atoms with Crippen molar-refractivity contribution in [3.05, 3.63) is 41.7 Å². The van der Waals surface area contributed by atoms with Gasteiger partial charge in [-0.15, -0.1) is 0 Å². The first-order chi connectivity index (χ1) is 14.2. The second-order valence-electron chi connectivity index (χ2n) is 7.83. The van der Waals surface area contributed by atoms with Crippen molar-refractivity contribution < 1.29 is 9.53 Å². The minimum atomic E-state index is 0.297. The van der Waals surface area contributed by atoms with Gasteiger partial charge >= 0.3 is 0 Å². The summed E-state index contributed by atoms with van der Waals surface area (Å²) in [4.78, 5) is 25.3. The maximum absolute atomic E-state index is 12.5. The average Bonchev–Trinajstić information content (AvgIpc) is 3.28. The van der Waals surface area contributed by atoms with Gasteiger partial charge < -0.3 is 14.5 Å². The second-order valence-corrected chi connectivity index (χ2v) is 8.26. The molecule has 29 heavy (non-hydrogen) atoms. The molecule has 1 aliphatic heterocycles. The van der Waals surface area contributed by atoms with E-state index in [0.717, 1.165) is 44.3 Å². The van der Waals surface area contributed by atoms with E-state index in [0.29, 0.717) is 29.0 Å². The lowest BCUT2D eigenvalue weighted by molar-refractivity contribution is -0.131. The first-order valence-corrected chi connectivity index (χ1v) is 10.8. The maximum Gasteiger partial charge on any atom is 0.224 e. The SMILES string of the molecule is O=C(CCC1CCCC1)N1CCN(c2cc(Oc3ccc(Cl)cc3)ncn2)CC1. The Morgan fingerprint density at radius 2 is 1.79 bits per heavy atom. The summed E-state index contributed by atoms with van der Waals surface area (Å²) >= 11 is 5.91. The third-order valence-corrected chi connectivity index (χ3v) is 6.11. The van der Waals surface area contributed by atoms with Crippen LogP contribution >= 0.6 is 11.6 Å². The molecule has 1 aromatic carbocycles. The van der Waals surface area contributed by atoms with Crippen LogP contribution in [-0.2, 0) is 4.79 Å². The van der Waals surface area contributed by atoms with E-state index in [-0.39, 0.29) is 0 Å². The number of ether oxygens (including phenoxy) is 1. The Hall–Kier alpha value is -2.34. The summed E-state index contributed by atoms with van der Waals surface area (Å²) in [7, 11) is 0. The molecule has 0 unspecified atom stereocenters. The van der Waals surface area contributed by atoms with Gasteiger partial charge in [0.1, 0.15) is 17.9 Å². The number of anilines is 1. The van der Waals surface area contributed by atoms with Crippen LogP contribution in [0.2, 0.25) is 5.02 Å². The van der Waals surface area contributed by atoms with Gasteiger partial charge in [0, 0.05) is 43.7 Å². The number of amides is 1. The fourth-order valence-corrected chi connectivity index (χ4v) is 4.28. The molecule has 2 heterocycles. The van der Waals surface area contributed by atoms with Gasteiger partial charge in [-0.3, -0.25) is 4.79 Å². The number of halogens is 1. The molecule has 1 aromatic heterocycles. The number of nitrogens with zero attached hydrogens (tertiary/aromatic N) is 4. The minimum Gasteiger partial charge on any atom is -0.439 e. The van der Waals surface area contributed by atoms with Crippen LogP contribution in [0.15, 0.2) is 36.7 Å². The van der Waals surface area contributed by atoms with Crippen molar-refractivity contribution in [1.82, 2.24) is 14.9 Å². The van der Waals surface area contributed by atoms with E-state index in [4.69, 9.17) is 16.3 Å². The fraction of sp³-hybridized carbons (Fsp3) is 0.500. The van der Waals surface area contributed by atoms with E-state index in [1.807, 2.05) is 11.0 Å². The minimum absolute atomic E-state index is 0.297. The topological polar surface area (TPSA) is 58.6 Å². The number of carbonyl (C=O) groups excluding carboxylic acids is 1. The van der Waals surface area contributed by atoms with Crippen LogP contribution in [0, 0.1) is 5.92 Å². The average molecular weight is 415 g/mol. The molecule has 2 fully saturated rings. The third-order valence-electron chi connectivity index (χ3n) is 5.86. The molecule has 1 saturated carbocycles. The van der Waals surface area contributed by atoms with E-state index in [1.165, 1.54) is 32.0 Å². The lowest BCUT2D eigenvalue weighted by atomic mass is 10.0. The Morgan fingerprint density at radius 3 is 2.52 bits per heavy atom.